The first kappa shape index (κ1) is 12.7. The Labute approximate surface area is 108 Å². The van der Waals surface area contributed by atoms with Gasteiger partial charge in [0.25, 0.3) is 0 Å². The van der Waals surface area contributed by atoms with Gasteiger partial charge in [0.05, 0.1) is 0 Å². The molecule has 4 heteroatoms. The smallest absolute Gasteiger partial charge is 0.130 e. The van der Waals surface area contributed by atoms with Crippen molar-refractivity contribution in [2.75, 3.05) is 11.6 Å². The topological polar surface area (TPSA) is 37.8 Å². The molecule has 0 saturated heterocycles. The minimum atomic E-state index is 0.522. The first-order chi connectivity index (χ1) is 8.09. The van der Waals surface area contributed by atoms with Crippen LogP contribution in [0.5, 0.6) is 0 Å². The van der Waals surface area contributed by atoms with Crippen LogP contribution in [0.1, 0.15) is 39.5 Å². The van der Waals surface area contributed by atoms with Crippen molar-refractivity contribution in [2.24, 2.45) is 5.41 Å². The predicted molar refractivity (Wildman–Crippen MR) is 73.5 cm³/mol. The third-order valence-corrected chi connectivity index (χ3v) is 4.18. The first-order valence-corrected chi connectivity index (χ1v) is 7.44. The Morgan fingerprint density at radius 2 is 2.00 bits per heavy atom. The van der Waals surface area contributed by atoms with Gasteiger partial charge in [0.15, 0.2) is 0 Å². The summed E-state index contributed by atoms with van der Waals surface area (Å²) in [4.78, 5) is 8.47. The largest absolute Gasteiger partial charge is 0.367 e. The quantitative estimate of drug-likeness (QED) is 0.658. The molecule has 0 bridgehead atoms. The Morgan fingerprint density at radius 3 is 2.65 bits per heavy atom. The molecule has 17 heavy (non-hydrogen) atoms. The highest BCUT2D eigenvalue weighted by Crippen LogP contribution is 2.35. The van der Waals surface area contributed by atoms with Crippen LogP contribution in [0.2, 0.25) is 0 Å². The van der Waals surface area contributed by atoms with Crippen LogP contribution in [0.15, 0.2) is 17.4 Å². The molecule has 1 aromatic rings. The van der Waals surface area contributed by atoms with Gasteiger partial charge >= 0.3 is 0 Å². The monoisotopic (exact) mass is 251 g/mol. The highest BCUT2D eigenvalue weighted by molar-refractivity contribution is 7.98. The van der Waals surface area contributed by atoms with Crippen LogP contribution >= 0.6 is 11.8 Å². The van der Waals surface area contributed by atoms with E-state index in [9.17, 15) is 0 Å². The zero-order valence-corrected chi connectivity index (χ0v) is 11.7. The zero-order chi connectivity index (χ0) is 12.3. The fourth-order valence-corrected chi connectivity index (χ4v) is 2.66. The second kappa shape index (κ2) is 5.25. The van der Waals surface area contributed by atoms with Crippen LogP contribution in [0.25, 0.3) is 0 Å². The zero-order valence-electron chi connectivity index (χ0n) is 10.9. The molecule has 1 aliphatic carbocycles. The average molecular weight is 251 g/mol. The highest BCUT2D eigenvalue weighted by atomic mass is 32.2. The highest BCUT2D eigenvalue weighted by Gasteiger charge is 2.26. The van der Waals surface area contributed by atoms with Gasteiger partial charge in [0.1, 0.15) is 17.2 Å². The van der Waals surface area contributed by atoms with E-state index in [-0.39, 0.29) is 0 Å². The molecule has 0 spiro atoms. The lowest BCUT2D eigenvalue weighted by Crippen LogP contribution is -2.30. The van der Waals surface area contributed by atoms with Gasteiger partial charge in [0, 0.05) is 12.1 Å². The molecule has 2 rings (SSSR count). The fraction of sp³-hybridized carbons (Fsp3) is 0.692. The van der Waals surface area contributed by atoms with Gasteiger partial charge in [-0.2, -0.15) is 0 Å². The molecule has 1 N–H and O–H groups in total. The van der Waals surface area contributed by atoms with Crippen molar-refractivity contribution in [3.05, 3.63) is 12.4 Å². The Kier molecular flexibility index (Phi) is 3.92. The minimum Gasteiger partial charge on any atom is -0.367 e. The van der Waals surface area contributed by atoms with Crippen molar-refractivity contribution in [1.29, 1.82) is 0 Å². The SMILES string of the molecule is CSc1cc(NC2CCC(C)(C)CC2)ncn1. The summed E-state index contributed by atoms with van der Waals surface area (Å²) in [6.07, 6.45) is 8.75. The fourth-order valence-electron chi connectivity index (χ4n) is 2.28. The van der Waals surface area contributed by atoms with Gasteiger partial charge < -0.3 is 5.32 Å². The molecule has 0 aliphatic heterocycles. The van der Waals surface area contributed by atoms with E-state index < -0.39 is 0 Å². The molecule has 1 aliphatic rings. The van der Waals surface area contributed by atoms with Gasteiger partial charge in [-0.1, -0.05) is 13.8 Å². The molecule has 1 fully saturated rings. The van der Waals surface area contributed by atoms with E-state index in [1.807, 2.05) is 12.3 Å². The van der Waals surface area contributed by atoms with E-state index >= 15 is 0 Å². The van der Waals surface area contributed by atoms with Gasteiger partial charge in [0.2, 0.25) is 0 Å². The predicted octanol–water partition coefficient (Wildman–Crippen LogP) is 3.58. The number of aromatic nitrogens is 2. The van der Waals surface area contributed by atoms with Crippen LogP contribution in [-0.4, -0.2) is 22.3 Å². The van der Waals surface area contributed by atoms with Gasteiger partial charge in [-0.05, 0) is 37.4 Å². The van der Waals surface area contributed by atoms with Gasteiger partial charge in [-0.15, -0.1) is 11.8 Å². The number of nitrogens with zero attached hydrogens (tertiary/aromatic N) is 2. The maximum Gasteiger partial charge on any atom is 0.130 e. The second-order valence-electron chi connectivity index (χ2n) is 5.53. The maximum atomic E-state index is 4.28. The molecule has 0 unspecified atom stereocenters. The average Bonchev–Trinajstić information content (AvgIpc) is 2.32. The summed E-state index contributed by atoms with van der Waals surface area (Å²) in [5.74, 6) is 0.967. The summed E-state index contributed by atoms with van der Waals surface area (Å²) in [7, 11) is 0. The Bertz CT molecular complexity index is 369. The number of thioether (sulfide) groups is 1. The lowest BCUT2D eigenvalue weighted by atomic mass is 9.75. The molecule has 0 radical (unpaired) electrons. The van der Waals surface area contributed by atoms with Crippen LogP contribution < -0.4 is 5.32 Å². The lowest BCUT2D eigenvalue weighted by molar-refractivity contribution is 0.232. The van der Waals surface area contributed by atoms with Crippen molar-refractivity contribution in [1.82, 2.24) is 9.97 Å². The molecule has 1 aromatic heterocycles. The Balaban J connectivity index is 1.93. The standard InChI is InChI=1S/C13H21N3S/c1-13(2)6-4-10(5-7-13)16-11-8-12(17-3)15-9-14-11/h8-10H,4-7H2,1-3H3,(H,14,15,16). The first-order valence-electron chi connectivity index (χ1n) is 6.22. The number of hydrogen-bond acceptors (Lipinski definition) is 4. The third kappa shape index (κ3) is 3.60. The summed E-state index contributed by atoms with van der Waals surface area (Å²) in [5, 5.41) is 4.56. The molecular formula is C13H21N3S. The molecule has 94 valence electrons. The van der Waals surface area contributed by atoms with Crippen molar-refractivity contribution in [2.45, 2.75) is 50.6 Å². The molecule has 0 atom stereocenters. The van der Waals surface area contributed by atoms with Crippen molar-refractivity contribution >= 4 is 17.6 Å². The normalized spacial score (nSPS) is 20.2. The molecule has 0 aromatic carbocycles. The molecular weight excluding hydrogens is 230 g/mol. The Morgan fingerprint density at radius 1 is 1.29 bits per heavy atom. The van der Waals surface area contributed by atoms with Crippen molar-refractivity contribution in [3.63, 3.8) is 0 Å². The summed E-state index contributed by atoms with van der Waals surface area (Å²) >= 11 is 1.65. The van der Waals surface area contributed by atoms with E-state index in [2.05, 4.69) is 29.1 Å². The number of hydrogen-bond donors (Lipinski definition) is 1. The van der Waals surface area contributed by atoms with Gasteiger partial charge in [-0.3, -0.25) is 0 Å². The molecule has 1 heterocycles. The van der Waals surface area contributed by atoms with Gasteiger partial charge in [-0.25, -0.2) is 9.97 Å². The van der Waals surface area contributed by atoms with E-state index in [1.165, 1.54) is 25.7 Å². The van der Waals surface area contributed by atoms with E-state index in [4.69, 9.17) is 0 Å². The van der Waals surface area contributed by atoms with E-state index in [0.29, 0.717) is 11.5 Å². The van der Waals surface area contributed by atoms with Crippen LogP contribution in [0.4, 0.5) is 5.82 Å². The second-order valence-corrected chi connectivity index (χ2v) is 6.35. The summed E-state index contributed by atoms with van der Waals surface area (Å²) in [5.41, 5.74) is 0.522. The number of nitrogens with one attached hydrogen (secondary N) is 1. The maximum absolute atomic E-state index is 4.28. The Hall–Kier alpha value is -0.770. The van der Waals surface area contributed by atoms with Crippen molar-refractivity contribution < 1.29 is 0 Å². The summed E-state index contributed by atoms with van der Waals surface area (Å²) in [6.45, 7) is 4.72. The summed E-state index contributed by atoms with van der Waals surface area (Å²) in [6, 6.07) is 2.61. The van der Waals surface area contributed by atoms with Crippen LogP contribution in [-0.2, 0) is 0 Å². The van der Waals surface area contributed by atoms with Crippen LogP contribution in [0.3, 0.4) is 0 Å². The molecule has 3 nitrogen and oxygen atoms in total. The van der Waals surface area contributed by atoms with Crippen molar-refractivity contribution in [3.8, 4) is 0 Å². The van der Waals surface area contributed by atoms with E-state index in [0.717, 1.165) is 10.8 Å². The molecule has 0 amide bonds. The third-order valence-electron chi connectivity index (χ3n) is 3.54. The van der Waals surface area contributed by atoms with E-state index in [1.54, 1.807) is 18.1 Å². The minimum absolute atomic E-state index is 0.522. The molecule has 1 saturated carbocycles. The summed E-state index contributed by atoms with van der Waals surface area (Å²) < 4.78 is 0. The number of rotatable bonds is 3. The lowest BCUT2D eigenvalue weighted by Gasteiger charge is -2.34. The number of anilines is 1. The van der Waals surface area contributed by atoms with Crippen LogP contribution in [0, 0.1) is 5.41 Å².